The summed E-state index contributed by atoms with van der Waals surface area (Å²) in [5.41, 5.74) is 5.74. The van der Waals surface area contributed by atoms with Crippen molar-refractivity contribution in [3.05, 3.63) is 113 Å². The third kappa shape index (κ3) is 18.2. The Morgan fingerprint density at radius 1 is 0.469 bits per heavy atom. The fraction of sp³-hybridized carbons (Fsp3) is 0.429. The normalized spacial score (nSPS) is 10.4. The van der Waals surface area contributed by atoms with Crippen LogP contribution in [0.1, 0.15) is 89.1 Å². The first kappa shape index (κ1) is 42.8. The van der Waals surface area contributed by atoms with E-state index < -0.39 is 6.61 Å². The maximum atomic E-state index is 11.9. The van der Waals surface area contributed by atoms with Crippen molar-refractivity contribution in [2.45, 2.75) is 114 Å². The summed E-state index contributed by atoms with van der Waals surface area (Å²) in [5, 5.41) is 0. The Morgan fingerprint density at radius 2 is 0.959 bits per heavy atom. The second-order valence-electron chi connectivity index (χ2n) is 12.8. The van der Waals surface area contributed by atoms with Gasteiger partial charge in [0.15, 0.2) is 11.5 Å². The second kappa shape index (κ2) is 22.4. The van der Waals surface area contributed by atoms with Crippen LogP contribution in [-0.4, -0.2) is 32.0 Å². The van der Waals surface area contributed by atoms with E-state index in [-0.39, 0.29) is 30.0 Å². The molecular formula is C42H58F2O5. The predicted octanol–water partition coefficient (Wildman–Crippen LogP) is 12.1. The van der Waals surface area contributed by atoms with Gasteiger partial charge in [-0.3, -0.25) is 0 Å². The standard InChI is InChI=1S/C11H16O2.C11H16O.C10H12F2O.C10H14O/c1-8(2)13-10-6-5-9(3)7-11(10)12-4;1-8(2)12-11-6-5-9(3)7-10(11)4;1-7(2)8-5-3-4-6-9(8)13-10(11)12;1-8(2)11-10-6-4-9(3)5-7-10/h5-8H,1-4H3;5-8H,1-4H3;3-7,10H,1-2H3;4-8H,1-3H3. The zero-order valence-corrected chi connectivity index (χ0v) is 31.8. The van der Waals surface area contributed by atoms with Crippen LogP contribution in [0.5, 0.6) is 28.7 Å². The number of hydrogen-bond donors (Lipinski definition) is 0. The minimum Gasteiger partial charge on any atom is -0.493 e. The molecule has 5 nitrogen and oxygen atoms in total. The number of ether oxygens (including phenoxy) is 5. The number of benzene rings is 4. The number of rotatable bonds is 10. The molecule has 0 aliphatic carbocycles. The molecule has 4 rings (SSSR count). The van der Waals surface area contributed by atoms with E-state index in [9.17, 15) is 8.78 Å². The SMILES string of the molecule is CC(C)c1ccccc1OC(F)F.COc1cc(C)ccc1OC(C)C.Cc1ccc(OC(C)C)c(C)c1.Cc1ccc(OC(C)C)cc1. The lowest BCUT2D eigenvalue weighted by Gasteiger charge is -2.13. The topological polar surface area (TPSA) is 46.2 Å². The fourth-order valence-corrected chi connectivity index (χ4v) is 4.36. The molecule has 0 N–H and O–H groups in total. The minimum absolute atomic E-state index is 0.177. The van der Waals surface area contributed by atoms with Crippen molar-refractivity contribution in [3.8, 4) is 28.7 Å². The first-order chi connectivity index (χ1) is 23.0. The van der Waals surface area contributed by atoms with Gasteiger partial charge in [-0.2, -0.15) is 8.78 Å². The Labute approximate surface area is 294 Å². The third-order valence-corrected chi connectivity index (χ3v) is 6.52. The number of hydrogen-bond acceptors (Lipinski definition) is 5. The first-order valence-electron chi connectivity index (χ1n) is 16.8. The van der Waals surface area contributed by atoms with E-state index in [1.807, 2.05) is 105 Å². The van der Waals surface area contributed by atoms with Crippen molar-refractivity contribution in [3.63, 3.8) is 0 Å². The molecule has 0 spiro atoms. The highest BCUT2D eigenvalue weighted by molar-refractivity contribution is 5.42. The summed E-state index contributed by atoms with van der Waals surface area (Å²) < 4.78 is 50.1. The average molecular weight is 681 g/mol. The first-order valence-corrected chi connectivity index (χ1v) is 16.8. The van der Waals surface area contributed by atoms with Crippen molar-refractivity contribution >= 4 is 0 Å². The van der Waals surface area contributed by atoms with E-state index >= 15 is 0 Å². The van der Waals surface area contributed by atoms with Crippen molar-refractivity contribution < 1.29 is 32.5 Å². The van der Waals surface area contributed by atoms with Gasteiger partial charge in [-0.1, -0.05) is 73.5 Å². The highest BCUT2D eigenvalue weighted by Gasteiger charge is 2.11. The molecule has 7 heteroatoms. The molecule has 4 aromatic rings. The summed E-state index contributed by atoms with van der Waals surface area (Å²) in [6, 6.07) is 27.1. The van der Waals surface area contributed by atoms with Crippen molar-refractivity contribution in [1.82, 2.24) is 0 Å². The number of alkyl halides is 2. The van der Waals surface area contributed by atoms with Gasteiger partial charge in [-0.25, -0.2) is 0 Å². The quantitative estimate of drug-likeness (QED) is 0.167. The number of aryl methyl sites for hydroxylation is 4. The summed E-state index contributed by atoms with van der Waals surface area (Å²) in [4.78, 5) is 0. The minimum atomic E-state index is -2.75. The van der Waals surface area contributed by atoms with Gasteiger partial charge >= 0.3 is 6.61 Å². The van der Waals surface area contributed by atoms with Gasteiger partial charge in [0, 0.05) is 0 Å². The number of halogens is 2. The molecule has 0 aromatic heterocycles. The number of methoxy groups -OCH3 is 1. The molecule has 49 heavy (non-hydrogen) atoms. The number of para-hydroxylation sites is 1. The van der Waals surface area contributed by atoms with E-state index in [0.717, 1.165) is 28.6 Å². The van der Waals surface area contributed by atoms with Crippen LogP contribution in [0.25, 0.3) is 0 Å². The van der Waals surface area contributed by atoms with Crippen molar-refractivity contribution in [2.24, 2.45) is 0 Å². The Morgan fingerprint density at radius 3 is 1.45 bits per heavy atom. The lowest BCUT2D eigenvalue weighted by atomic mass is 10.0. The van der Waals surface area contributed by atoms with E-state index in [1.54, 1.807) is 25.3 Å². The average Bonchev–Trinajstić information content (AvgIpc) is 3.01. The van der Waals surface area contributed by atoms with Crippen LogP contribution in [0.3, 0.4) is 0 Å². The molecule has 4 aromatic carbocycles. The maximum Gasteiger partial charge on any atom is 0.387 e. The Balaban J connectivity index is 0.000000327. The molecule has 270 valence electrons. The summed E-state index contributed by atoms with van der Waals surface area (Å²) in [7, 11) is 1.65. The molecule has 0 heterocycles. The molecule has 0 aliphatic rings. The van der Waals surface area contributed by atoms with Gasteiger partial charge in [0.25, 0.3) is 0 Å². The molecular weight excluding hydrogens is 622 g/mol. The van der Waals surface area contributed by atoms with Gasteiger partial charge in [0.1, 0.15) is 17.2 Å². The van der Waals surface area contributed by atoms with Gasteiger partial charge in [0.2, 0.25) is 0 Å². The zero-order chi connectivity index (χ0) is 37.1. The van der Waals surface area contributed by atoms with E-state index in [4.69, 9.17) is 18.9 Å². The summed E-state index contributed by atoms with van der Waals surface area (Å²) in [6.45, 7) is 21.5. The van der Waals surface area contributed by atoms with Crippen LogP contribution in [0, 0.1) is 27.7 Å². The molecule has 0 amide bonds. The summed E-state index contributed by atoms with van der Waals surface area (Å²) in [6.07, 6.45) is 0.695. The van der Waals surface area contributed by atoms with Gasteiger partial charge in [0.05, 0.1) is 25.4 Å². The molecule has 0 fully saturated rings. The maximum absolute atomic E-state index is 11.9. The molecule has 0 saturated heterocycles. The van der Waals surface area contributed by atoms with E-state index in [2.05, 4.69) is 49.8 Å². The van der Waals surface area contributed by atoms with Crippen LogP contribution in [0.4, 0.5) is 8.78 Å². The van der Waals surface area contributed by atoms with Crippen LogP contribution in [-0.2, 0) is 0 Å². The monoisotopic (exact) mass is 680 g/mol. The highest BCUT2D eigenvalue weighted by Crippen LogP contribution is 2.29. The largest absolute Gasteiger partial charge is 0.493 e. The molecule has 0 unspecified atom stereocenters. The lowest BCUT2D eigenvalue weighted by molar-refractivity contribution is -0.0505. The zero-order valence-electron chi connectivity index (χ0n) is 31.8. The molecule has 0 aliphatic heterocycles. The second-order valence-corrected chi connectivity index (χ2v) is 12.8. The Hall–Kier alpha value is -4.26. The van der Waals surface area contributed by atoms with E-state index in [0.29, 0.717) is 0 Å². The Kier molecular flexibility index (Phi) is 19.5. The molecule has 0 saturated carbocycles. The van der Waals surface area contributed by atoms with Gasteiger partial charge in [-0.15, -0.1) is 0 Å². The Bertz CT molecular complexity index is 1480. The van der Waals surface area contributed by atoms with Gasteiger partial charge in [-0.05, 0) is 128 Å². The lowest BCUT2D eigenvalue weighted by Crippen LogP contribution is -2.06. The molecule has 0 radical (unpaired) electrons. The van der Waals surface area contributed by atoms with Crippen LogP contribution in [0.15, 0.2) is 84.9 Å². The molecule has 0 atom stereocenters. The van der Waals surface area contributed by atoms with E-state index in [1.165, 1.54) is 22.3 Å². The van der Waals surface area contributed by atoms with Gasteiger partial charge < -0.3 is 23.7 Å². The van der Waals surface area contributed by atoms with Crippen molar-refractivity contribution in [1.29, 1.82) is 0 Å². The van der Waals surface area contributed by atoms with Crippen LogP contribution < -0.4 is 23.7 Å². The smallest absolute Gasteiger partial charge is 0.387 e. The fourth-order valence-electron chi connectivity index (χ4n) is 4.36. The highest BCUT2D eigenvalue weighted by atomic mass is 19.3. The van der Waals surface area contributed by atoms with Crippen molar-refractivity contribution in [2.75, 3.05) is 7.11 Å². The summed E-state index contributed by atoms with van der Waals surface area (Å²) in [5.74, 6) is 4.01. The molecule has 0 bridgehead atoms. The third-order valence-electron chi connectivity index (χ3n) is 6.52. The van der Waals surface area contributed by atoms with Crippen LogP contribution in [0.2, 0.25) is 0 Å². The summed E-state index contributed by atoms with van der Waals surface area (Å²) >= 11 is 0. The van der Waals surface area contributed by atoms with Crippen LogP contribution >= 0.6 is 0 Å². The predicted molar refractivity (Wildman–Crippen MR) is 199 cm³/mol.